The molecule has 18 heavy (non-hydrogen) atoms. The van der Waals surface area contributed by atoms with Crippen LogP contribution in [0.5, 0.6) is 0 Å². The van der Waals surface area contributed by atoms with E-state index in [4.69, 9.17) is 10.5 Å². The first kappa shape index (κ1) is 12.9. The maximum Gasteiger partial charge on any atom is 0.407 e. The minimum Gasteiger partial charge on any atom is -0.445 e. The molecule has 1 aromatic carbocycles. The lowest BCUT2D eigenvalue weighted by Crippen LogP contribution is -2.49. The molecule has 1 amide bonds. The molecule has 0 bridgehead atoms. The minimum atomic E-state index is -0.374. The summed E-state index contributed by atoms with van der Waals surface area (Å²) in [6, 6.07) is 9.76. The van der Waals surface area contributed by atoms with Crippen LogP contribution in [0.2, 0.25) is 0 Å². The van der Waals surface area contributed by atoms with E-state index in [0.717, 1.165) is 31.2 Å². The number of carbonyl (C=O) groups excluding carboxylic acids is 1. The first-order valence-electron chi connectivity index (χ1n) is 6.48. The molecule has 4 heteroatoms. The first-order valence-corrected chi connectivity index (χ1v) is 6.48. The predicted molar refractivity (Wildman–Crippen MR) is 70.0 cm³/mol. The molecule has 0 aromatic heterocycles. The molecule has 2 atom stereocenters. The fraction of sp³-hybridized carbons (Fsp3) is 0.500. The molecule has 1 aliphatic carbocycles. The third-order valence-corrected chi connectivity index (χ3v) is 3.34. The summed E-state index contributed by atoms with van der Waals surface area (Å²) >= 11 is 0. The molecule has 1 saturated carbocycles. The summed E-state index contributed by atoms with van der Waals surface area (Å²) in [6.07, 6.45) is 3.82. The van der Waals surface area contributed by atoms with E-state index in [9.17, 15) is 4.79 Å². The molecule has 2 rings (SSSR count). The molecule has 98 valence electrons. The molecule has 2 unspecified atom stereocenters. The lowest BCUT2D eigenvalue weighted by molar-refractivity contribution is 0.131. The maximum absolute atomic E-state index is 11.6. The topological polar surface area (TPSA) is 64.3 Å². The van der Waals surface area contributed by atoms with Gasteiger partial charge in [0.15, 0.2) is 0 Å². The zero-order chi connectivity index (χ0) is 12.8. The van der Waals surface area contributed by atoms with Crippen molar-refractivity contribution >= 4 is 6.09 Å². The highest BCUT2D eigenvalue weighted by Gasteiger charge is 2.23. The Morgan fingerprint density at radius 2 is 2.00 bits per heavy atom. The van der Waals surface area contributed by atoms with Gasteiger partial charge in [0.25, 0.3) is 0 Å². The van der Waals surface area contributed by atoms with E-state index in [1.54, 1.807) is 0 Å². The first-order chi connectivity index (χ1) is 8.75. The van der Waals surface area contributed by atoms with E-state index in [1.807, 2.05) is 30.3 Å². The number of nitrogens with two attached hydrogens (primary N) is 1. The summed E-state index contributed by atoms with van der Waals surface area (Å²) in [6.45, 7) is 0.300. The normalized spacial score (nSPS) is 23.4. The SMILES string of the molecule is NC1CCCCC1NC(=O)OCc1ccccc1. The van der Waals surface area contributed by atoms with E-state index in [1.165, 1.54) is 0 Å². The third-order valence-electron chi connectivity index (χ3n) is 3.34. The number of hydrogen-bond donors (Lipinski definition) is 2. The molecule has 0 spiro atoms. The number of alkyl carbamates (subject to hydrolysis) is 1. The van der Waals surface area contributed by atoms with Crippen molar-refractivity contribution in [2.45, 2.75) is 44.4 Å². The summed E-state index contributed by atoms with van der Waals surface area (Å²) < 4.78 is 5.17. The van der Waals surface area contributed by atoms with E-state index < -0.39 is 0 Å². The van der Waals surface area contributed by atoms with Crippen molar-refractivity contribution in [3.8, 4) is 0 Å². The summed E-state index contributed by atoms with van der Waals surface area (Å²) in [5, 5.41) is 2.85. The quantitative estimate of drug-likeness (QED) is 0.861. The van der Waals surface area contributed by atoms with Gasteiger partial charge in [-0.1, -0.05) is 43.2 Å². The van der Waals surface area contributed by atoms with Gasteiger partial charge in [-0.2, -0.15) is 0 Å². The van der Waals surface area contributed by atoms with Crippen molar-refractivity contribution in [2.24, 2.45) is 5.73 Å². The lowest BCUT2D eigenvalue weighted by Gasteiger charge is -2.28. The van der Waals surface area contributed by atoms with E-state index in [-0.39, 0.29) is 18.2 Å². The Bertz CT molecular complexity index is 381. The van der Waals surface area contributed by atoms with Gasteiger partial charge in [0.1, 0.15) is 6.61 Å². The molecule has 1 aliphatic rings. The number of nitrogens with one attached hydrogen (secondary N) is 1. The Morgan fingerprint density at radius 3 is 2.72 bits per heavy atom. The Kier molecular flexibility index (Phi) is 4.59. The van der Waals surface area contributed by atoms with Crippen molar-refractivity contribution in [3.05, 3.63) is 35.9 Å². The van der Waals surface area contributed by atoms with Crippen LogP contribution in [0.4, 0.5) is 4.79 Å². The van der Waals surface area contributed by atoms with Crippen molar-refractivity contribution in [2.75, 3.05) is 0 Å². The van der Waals surface area contributed by atoms with E-state index >= 15 is 0 Å². The zero-order valence-corrected chi connectivity index (χ0v) is 10.5. The van der Waals surface area contributed by atoms with Gasteiger partial charge in [-0.05, 0) is 18.4 Å². The van der Waals surface area contributed by atoms with Gasteiger partial charge in [0.05, 0.1) is 0 Å². The summed E-state index contributed by atoms with van der Waals surface area (Å²) in [7, 11) is 0. The second-order valence-electron chi connectivity index (χ2n) is 4.76. The number of rotatable bonds is 3. The Morgan fingerprint density at radius 1 is 1.28 bits per heavy atom. The van der Waals surface area contributed by atoms with E-state index in [2.05, 4.69) is 5.32 Å². The highest BCUT2D eigenvalue weighted by atomic mass is 16.5. The van der Waals surface area contributed by atoms with Crippen molar-refractivity contribution in [1.82, 2.24) is 5.32 Å². The second kappa shape index (κ2) is 6.40. The van der Waals surface area contributed by atoms with Crippen LogP contribution in [0.15, 0.2) is 30.3 Å². The molecule has 4 nitrogen and oxygen atoms in total. The summed E-state index contributed by atoms with van der Waals surface area (Å²) in [5.41, 5.74) is 6.95. The molecule has 0 radical (unpaired) electrons. The molecule has 3 N–H and O–H groups in total. The number of ether oxygens (including phenoxy) is 1. The average Bonchev–Trinajstić information content (AvgIpc) is 2.40. The van der Waals surface area contributed by atoms with Crippen LogP contribution in [0.1, 0.15) is 31.2 Å². The van der Waals surface area contributed by atoms with Gasteiger partial charge in [0, 0.05) is 12.1 Å². The minimum absolute atomic E-state index is 0.0574. The van der Waals surface area contributed by atoms with Crippen LogP contribution in [0, 0.1) is 0 Å². The largest absolute Gasteiger partial charge is 0.445 e. The van der Waals surface area contributed by atoms with Gasteiger partial charge in [-0.25, -0.2) is 4.79 Å². The van der Waals surface area contributed by atoms with Crippen LogP contribution in [0.25, 0.3) is 0 Å². The van der Waals surface area contributed by atoms with Crippen molar-refractivity contribution in [3.63, 3.8) is 0 Å². The van der Waals surface area contributed by atoms with Gasteiger partial charge in [0.2, 0.25) is 0 Å². The van der Waals surface area contributed by atoms with Crippen molar-refractivity contribution < 1.29 is 9.53 Å². The maximum atomic E-state index is 11.6. The monoisotopic (exact) mass is 248 g/mol. The van der Waals surface area contributed by atoms with Crippen LogP contribution >= 0.6 is 0 Å². The molecule has 0 aliphatic heterocycles. The van der Waals surface area contributed by atoms with Gasteiger partial charge in [-0.3, -0.25) is 0 Å². The third kappa shape index (κ3) is 3.74. The fourth-order valence-electron chi connectivity index (χ4n) is 2.25. The molecular weight excluding hydrogens is 228 g/mol. The molecule has 0 heterocycles. The fourth-order valence-corrected chi connectivity index (χ4v) is 2.25. The lowest BCUT2D eigenvalue weighted by atomic mass is 9.91. The van der Waals surface area contributed by atoms with Gasteiger partial charge in [-0.15, -0.1) is 0 Å². The Labute approximate surface area is 108 Å². The number of benzene rings is 1. The number of carbonyl (C=O) groups is 1. The molecule has 1 fully saturated rings. The summed E-state index contributed by atoms with van der Waals surface area (Å²) in [4.78, 5) is 11.6. The van der Waals surface area contributed by atoms with Crippen molar-refractivity contribution in [1.29, 1.82) is 0 Å². The Hall–Kier alpha value is -1.55. The van der Waals surface area contributed by atoms with Crippen LogP contribution in [-0.2, 0) is 11.3 Å². The predicted octanol–water partition coefficient (Wildman–Crippen LogP) is 2.18. The van der Waals surface area contributed by atoms with Gasteiger partial charge >= 0.3 is 6.09 Å². The van der Waals surface area contributed by atoms with E-state index in [0.29, 0.717) is 6.61 Å². The van der Waals surface area contributed by atoms with Gasteiger partial charge < -0.3 is 15.8 Å². The average molecular weight is 248 g/mol. The van der Waals surface area contributed by atoms with Crippen LogP contribution in [-0.4, -0.2) is 18.2 Å². The highest BCUT2D eigenvalue weighted by molar-refractivity contribution is 5.67. The number of hydrogen-bond acceptors (Lipinski definition) is 3. The van der Waals surface area contributed by atoms with Crippen LogP contribution in [0.3, 0.4) is 0 Å². The standard InChI is InChI=1S/C14H20N2O2/c15-12-8-4-5-9-13(12)16-14(17)18-10-11-6-2-1-3-7-11/h1-3,6-7,12-13H,4-5,8-10,15H2,(H,16,17). The molecule has 1 aromatic rings. The Balaban J connectivity index is 1.75. The summed E-state index contributed by atoms with van der Waals surface area (Å²) in [5.74, 6) is 0. The zero-order valence-electron chi connectivity index (χ0n) is 10.5. The smallest absolute Gasteiger partial charge is 0.407 e. The molecular formula is C14H20N2O2. The molecule has 0 saturated heterocycles. The number of amides is 1. The second-order valence-corrected chi connectivity index (χ2v) is 4.76. The highest BCUT2D eigenvalue weighted by Crippen LogP contribution is 2.16. The van der Waals surface area contributed by atoms with Crippen LogP contribution < -0.4 is 11.1 Å².